The lowest BCUT2D eigenvalue weighted by atomic mass is 10.2. The summed E-state index contributed by atoms with van der Waals surface area (Å²) < 4.78 is 6.73. The van der Waals surface area contributed by atoms with Crippen molar-refractivity contribution in [3.05, 3.63) is 61.0 Å². The minimum absolute atomic E-state index is 0.397. The fourth-order valence-corrected chi connectivity index (χ4v) is 3.19. The second kappa shape index (κ2) is 7.70. The maximum absolute atomic E-state index is 6.07. The van der Waals surface area contributed by atoms with E-state index in [1.807, 2.05) is 25.2 Å². The van der Waals surface area contributed by atoms with Crippen LogP contribution in [-0.2, 0) is 13.2 Å². The Morgan fingerprint density at radius 2 is 1.86 bits per heavy atom. The third kappa shape index (κ3) is 4.51. The summed E-state index contributed by atoms with van der Waals surface area (Å²) in [6.45, 7) is 1.06. The molecule has 2 aromatic carbocycles. The van der Waals surface area contributed by atoms with Crippen LogP contribution in [0.2, 0.25) is 15.1 Å². The first-order chi connectivity index (χ1) is 10.0. The molecule has 0 aliphatic carbocycles. The molecule has 0 fully saturated rings. The van der Waals surface area contributed by atoms with Crippen LogP contribution in [0.4, 0.5) is 0 Å². The molecule has 0 saturated heterocycles. The van der Waals surface area contributed by atoms with Gasteiger partial charge in [0.25, 0.3) is 0 Å². The molecule has 0 spiro atoms. The van der Waals surface area contributed by atoms with Crippen molar-refractivity contribution in [3.63, 3.8) is 0 Å². The Kier molecular flexibility index (Phi) is 6.20. The van der Waals surface area contributed by atoms with Crippen LogP contribution in [0.5, 0.6) is 5.75 Å². The first-order valence-electron chi connectivity index (χ1n) is 6.20. The lowest BCUT2D eigenvalue weighted by molar-refractivity contribution is 0.300. The molecule has 21 heavy (non-hydrogen) atoms. The number of hydrogen-bond acceptors (Lipinski definition) is 2. The van der Waals surface area contributed by atoms with E-state index in [0.29, 0.717) is 28.2 Å². The molecule has 0 aliphatic rings. The monoisotopic (exact) mass is 407 g/mol. The SMILES string of the molecule is CNCc1cc(Cl)cc(Br)c1OCc1ccc(Cl)c(Cl)c1. The standard InChI is InChI=1S/C15H13BrCl3NO/c1-20-7-10-5-11(17)6-12(16)15(10)21-8-9-2-3-13(18)14(19)4-9/h2-6,20H,7-8H2,1H3. The minimum atomic E-state index is 0.397. The summed E-state index contributed by atoms with van der Waals surface area (Å²) in [5.41, 5.74) is 1.93. The Hall–Kier alpha value is -0.450. The zero-order valence-corrected chi connectivity index (χ0v) is 15.1. The number of hydrogen-bond donors (Lipinski definition) is 1. The van der Waals surface area contributed by atoms with Crippen LogP contribution >= 0.6 is 50.7 Å². The van der Waals surface area contributed by atoms with E-state index in [1.54, 1.807) is 12.1 Å². The minimum Gasteiger partial charge on any atom is -0.487 e. The molecule has 112 valence electrons. The Morgan fingerprint density at radius 3 is 2.52 bits per heavy atom. The second-order valence-corrected chi connectivity index (χ2v) is 6.55. The van der Waals surface area contributed by atoms with E-state index in [-0.39, 0.29) is 0 Å². The number of nitrogens with one attached hydrogen (secondary N) is 1. The molecular formula is C15H13BrCl3NO. The molecule has 0 bridgehead atoms. The molecule has 0 unspecified atom stereocenters. The molecule has 0 radical (unpaired) electrons. The van der Waals surface area contributed by atoms with Crippen LogP contribution in [-0.4, -0.2) is 7.05 Å². The fourth-order valence-electron chi connectivity index (χ4n) is 1.88. The van der Waals surface area contributed by atoms with Crippen molar-refractivity contribution in [2.45, 2.75) is 13.2 Å². The normalized spacial score (nSPS) is 10.7. The average molecular weight is 410 g/mol. The van der Waals surface area contributed by atoms with E-state index in [0.717, 1.165) is 21.3 Å². The summed E-state index contributed by atoms with van der Waals surface area (Å²) in [4.78, 5) is 0. The van der Waals surface area contributed by atoms with Gasteiger partial charge in [0, 0.05) is 17.1 Å². The lowest BCUT2D eigenvalue weighted by Gasteiger charge is -2.14. The van der Waals surface area contributed by atoms with E-state index in [4.69, 9.17) is 39.5 Å². The van der Waals surface area contributed by atoms with Crippen LogP contribution in [0.3, 0.4) is 0 Å². The molecule has 2 nitrogen and oxygen atoms in total. The van der Waals surface area contributed by atoms with Crippen molar-refractivity contribution in [2.24, 2.45) is 0 Å². The van der Waals surface area contributed by atoms with Gasteiger partial charge in [0.05, 0.1) is 14.5 Å². The van der Waals surface area contributed by atoms with Gasteiger partial charge >= 0.3 is 0 Å². The molecule has 2 aromatic rings. The molecule has 0 heterocycles. The summed E-state index contributed by atoms with van der Waals surface area (Å²) in [6.07, 6.45) is 0. The highest BCUT2D eigenvalue weighted by Crippen LogP contribution is 2.33. The van der Waals surface area contributed by atoms with Gasteiger partial charge in [0.15, 0.2) is 0 Å². The lowest BCUT2D eigenvalue weighted by Crippen LogP contribution is -2.08. The van der Waals surface area contributed by atoms with Gasteiger partial charge in [-0.3, -0.25) is 0 Å². The fraction of sp³-hybridized carbons (Fsp3) is 0.200. The highest BCUT2D eigenvalue weighted by atomic mass is 79.9. The van der Waals surface area contributed by atoms with Crippen molar-refractivity contribution in [1.82, 2.24) is 5.32 Å². The van der Waals surface area contributed by atoms with Crippen LogP contribution in [0.1, 0.15) is 11.1 Å². The molecule has 0 saturated carbocycles. The quantitative estimate of drug-likeness (QED) is 0.683. The van der Waals surface area contributed by atoms with Gasteiger partial charge in [-0.15, -0.1) is 0 Å². The molecule has 0 aliphatic heterocycles. The van der Waals surface area contributed by atoms with Gasteiger partial charge in [0.1, 0.15) is 12.4 Å². The topological polar surface area (TPSA) is 21.3 Å². The van der Waals surface area contributed by atoms with Crippen LogP contribution in [0, 0.1) is 0 Å². The summed E-state index contributed by atoms with van der Waals surface area (Å²) in [5.74, 6) is 0.764. The third-order valence-electron chi connectivity index (χ3n) is 2.82. The van der Waals surface area contributed by atoms with E-state index < -0.39 is 0 Å². The first-order valence-corrected chi connectivity index (χ1v) is 8.13. The maximum Gasteiger partial charge on any atom is 0.138 e. The average Bonchev–Trinajstić information content (AvgIpc) is 2.42. The van der Waals surface area contributed by atoms with Crippen molar-refractivity contribution >= 4 is 50.7 Å². The summed E-state index contributed by atoms with van der Waals surface area (Å²) in [5, 5.41) is 4.81. The molecule has 0 atom stereocenters. The highest BCUT2D eigenvalue weighted by molar-refractivity contribution is 9.10. The van der Waals surface area contributed by atoms with Crippen LogP contribution in [0.25, 0.3) is 0 Å². The Balaban J connectivity index is 2.20. The molecule has 0 aromatic heterocycles. The van der Waals surface area contributed by atoms with E-state index in [1.165, 1.54) is 0 Å². The third-order valence-corrected chi connectivity index (χ3v) is 4.37. The van der Waals surface area contributed by atoms with Crippen molar-refractivity contribution in [2.75, 3.05) is 7.05 Å². The Labute approximate surface area is 147 Å². The van der Waals surface area contributed by atoms with Crippen molar-refractivity contribution in [3.8, 4) is 5.75 Å². The summed E-state index contributed by atoms with van der Waals surface area (Å²) in [6, 6.07) is 9.13. The number of halogens is 4. The largest absolute Gasteiger partial charge is 0.487 e. The van der Waals surface area contributed by atoms with Crippen LogP contribution < -0.4 is 10.1 Å². The predicted molar refractivity (Wildman–Crippen MR) is 92.7 cm³/mol. The summed E-state index contributed by atoms with van der Waals surface area (Å²) in [7, 11) is 1.87. The Morgan fingerprint density at radius 1 is 1.10 bits per heavy atom. The van der Waals surface area contributed by atoms with E-state index >= 15 is 0 Å². The predicted octanol–water partition coefficient (Wildman–Crippen LogP) is 5.71. The van der Waals surface area contributed by atoms with Gasteiger partial charge in [-0.2, -0.15) is 0 Å². The zero-order valence-electron chi connectivity index (χ0n) is 11.2. The number of benzene rings is 2. The van der Waals surface area contributed by atoms with Crippen molar-refractivity contribution in [1.29, 1.82) is 0 Å². The van der Waals surface area contributed by atoms with Gasteiger partial charge < -0.3 is 10.1 Å². The molecule has 1 N–H and O–H groups in total. The zero-order chi connectivity index (χ0) is 15.4. The molecule has 6 heteroatoms. The van der Waals surface area contributed by atoms with Crippen LogP contribution in [0.15, 0.2) is 34.8 Å². The number of rotatable bonds is 5. The van der Waals surface area contributed by atoms with Gasteiger partial charge in [-0.1, -0.05) is 40.9 Å². The number of ether oxygens (including phenoxy) is 1. The molecule has 2 rings (SSSR count). The Bertz CT molecular complexity index is 649. The highest BCUT2D eigenvalue weighted by Gasteiger charge is 2.10. The second-order valence-electron chi connectivity index (χ2n) is 4.44. The summed E-state index contributed by atoms with van der Waals surface area (Å²) >= 11 is 21.5. The van der Waals surface area contributed by atoms with Crippen molar-refractivity contribution < 1.29 is 4.74 Å². The first kappa shape index (κ1) is 16.9. The van der Waals surface area contributed by atoms with E-state index in [2.05, 4.69) is 21.2 Å². The molecular weight excluding hydrogens is 396 g/mol. The maximum atomic E-state index is 6.07. The van der Waals surface area contributed by atoms with E-state index in [9.17, 15) is 0 Å². The van der Waals surface area contributed by atoms with Gasteiger partial charge in [-0.05, 0) is 52.8 Å². The smallest absolute Gasteiger partial charge is 0.138 e. The van der Waals surface area contributed by atoms with Gasteiger partial charge in [-0.25, -0.2) is 0 Å². The van der Waals surface area contributed by atoms with Gasteiger partial charge in [0.2, 0.25) is 0 Å². The molecule has 0 amide bonds.